The van der Waals surface area contributed by atoms with Crippen LogP contribution in [0.1, 0.15) is 52.0 Å². The van der Waals surface area contributed by atoms with E-state index in [2.05, 4.69) is 6.58 Å². The van der Waals surface area contributed by atoms with Gasteiger partial charge in [-0.2, -0.15) is 0 Å². The Morgan fingerprint density at radius 3 is 2.25 bits per heavy atom. The number of rotatable bonds is 13. The van der Waals surface area contributed by atoms with Gasteiger partial charge in [0.2, 0.25) is 6.10 Å². The van der Waals surface area contributed by atoms with Crippen molar-refractivity contribution in [2.45, 2.75) is 108 Å². The normalized spacial score (nSPS) is 34.9. The Balaban J connectivity index is 1.60. The zero-order valence-electron chi connectivity index (χ0n) is 29.4. The van der Waals surface area contributed by atoms with E-state index in [0.717, 1.165) is 0 Å². The lowest BCUT2D eigenvalue weighted by molar-refractivity contribution is -0.307. The smallest absolute Gasteiger partial charge is 0.348 e. The van der Waals surface area contributed by atoms with E-state index in [1.54, 1.807) is 26.0 Å². The molecule has 1 heterocycles. The van der Waals surface area contributed by atoms with Gasteiger partial charge in [0.05, 0.1) is 26.4 Å². The summed E-state index contributed by atoms with van der Waals surface area (Å²) in [7, 11) is 1.21. The van der Waals surface area contributed by atoms with Crippen LogP contribution in [0.25, 0.3) is 0 Å². The number of carbonyl (C=O) groups excluding carboxylic acids is 3. The van der Waals surface area contributed by atoms with Crippen molar-refractivity contribution in [3.8, 4) is 5.75 Å². The summed E-state index contributed by atoms with van der Waals surface area (Å²) in [6.45, 7) is 8.20. The van der Waals surface area contributed by atoms with Crippen LogP contribution in [0.4, 0.5) is 0 Å². The van der Waals surface area contributed by atoms with E-state index in [1.165, 1.54) is 19.2 Å². The molecule has 4 rings (SSSR count). The Morgan fingerprint density at radius 2 is 1.65 bits per heavy atom. The molecule has 51 heavy (non-hydrogen) atoms. The van der Waals surface area contributed by atoms with E-state index in [0.29, 0.717) is 24.8 Å². The van der Waals surface area contributed by atoms with Crippen molar-refractivity contribution in [2.24, 2.45) is 29.1 Å². The van der Waals surface area contributed by atoms with Crippen LogP contribution in [-0.4, -0.2) is 129 Å². The minimum atomic E-state index is -1.65. The standard InChI is InChI=1S/C36H52O15/c1-17(2)27(39)34(46)49-23(14-19-6-9-21(38)10-7-19)33(45)51-25-11-8-20(16-48-35-31(43)30(42)29(41)24(15-37)50-35)26-28(40)22(12-13-36(25,26)4)18(3)32(44)47-5/h6-7,9-10,17,20,22-31,35,37-43H,3,8,11-16H2,1-2,4-5H3/t20?,22-,23?,24+,25-,26+,27?,28+,29-,30+,31?,35-,36-/m1/s1. The number of benzene rings is 1. The number of methoxy groups -OCH3 is 1. The Labute approximate surface area is 296 Å². The first-order valence-corrected chi connectivity index (χ1v) is 17.3. The number of ether oxygens (including phenoxy) is 5. The number of phenolic OH excluding ortho intramolecular Hbond substituents is 1. The molecule has 15 nitrogen and oxygen atoms in total. The predicted molar refractivity (Wildman–Crippen MR) is 176 cm³/mol. The molecule has 0 bridgehead atoms. The average Bonchev–Trinajstić information content (AvgIpc) is 3.10. The van der Waals surface area contributed by atoms with Gasteiger partial charge in [0.1, 0.15) is 36.3 Å². The molecular weight excluding hydrogens is 672 g/mol. The van der Waals surface area contributed by atoms with Gasteiger partial charge in [0.15, 0.2) is 12.4 Å². The second-order valence-electron chi connectivity index (χ2n) is 14.5. The first-order valence-electron chi connectivity index (χ1n) is 17.3. The number of hydrogen-bond acceptors (Lipinski definition) is 15. The molecule has 2 aliphatic carbocycles. The van der Waals surface area contributed by atoms with Crippen molar-refractivity contribution in [3.05, 3.63) is 42.0 Å². The van der Waals surface area contributed by atoms with Crippen LogP contribution >= 0.6 is 0 Å². The van der Waals surface area contributed by atoms with E-state index in [-0.39, 0.29) is 30.8 Å². The molecule has 7 N–H and O–H groups in total. The van der Waals surface area contributed by atoms with E-state index in [4.69, 9.17) is 23.7 Å². The summed E-state index contributed by atoms with van der Waals surface area (Å²) in [5.41, 5.74) is -0.296. The van der Waals surface area contributed by atoms with Gasteiger partial charge in [-0.05, 0) is 61.1 Å². The largest absolute Gasteiger partial charge is 0.508 e. The summed E-state index contributed by atoms with van der Waals surface area (Å²) in [5, 5.41) is 72.6. The predicted octanol–water partition coefficient (Wildman–Crippen LogP) is 0.124. The zero-order valence-corrected chi connectivity index (χ0v) is 29.4. The molecule has 2 saturated carbocycles. The molecule has 0 aromatic heterocycles. The molecule has 3 fully saturated rings. The Kier molecular flexibility index (Phi) is 13.6. The third-order valence-corrected chi connectivity index (χ3v) is 10.8. The van der Waals surface area contributed by atoms with Gasteiger partial charge in [-0.1, -0.05) is 39.5 Å². The van der Waals surface area contributed by atoms with Crippen molar-refractivity contribution in [3.63, 3.8) is 0 Å². The lowest BCUT2D eigenvalue weighted by atomic mass is 9.52. The number of phenols is 1. The Morgan fingerprint density at radius 1 is 0.980 bits per heavy atom. The molecule has 1 aliphatic heterocycles. The summed E-state index contributed by atoms with van der Waals surface area (Å²) in [6, 6.07) is 5.96. The molecule has 1 saturated heterocycles. The molecule has 3 aliphatic rings. The van der Waals surface area contributed by atoms with Gasteiger partial charge in [0, 0.05) is 23.3 Å². The fourth-order valence-corrected chi connectivity index (χ4v) is 7.70. The third kappa shape index (κ3) is 8.91. The highest BCUT2D eigenvalue weighted by Gasteiger charge is 2.58. The van der Waals surface area contributed by atoms with Gasteiger partial charge < -0.3 is 59.4 Å². The van der Waals surface area contributed by atoms with Gasteiger partial charge in [-0.25, -0.2) is 14.4 Å². The van der Waals surface area contributed by atoms with Crippen molar-refractivity contribution in [2.75, 3.05) is 20.3 Å². The highest BCUT2D eigenvalue weighted by Crippen LogP contribution is 2.56. The van der Waals surface area contributed by atoms with Gasteiger partial charge in [-0.15, -0.1) is 0 Å². The lowest BCUT2D eigenvalue weighted by Crippen LogP contribution is -2.61. The topological polar surface area (TPSA) is 239 Å². The Hall–Kier alpha value is -3.15. The van der Waals surface area contributed by atoms with E-state index < -0.39 is 109 Å². The van der Waals surface area contributed by atoms with Crippen LogP contribution in [-0.2, 0) is 44.5 Å². The molecule has 15 heteroatoms. The fraction of sp³-hybridized carbons (Fsp3) is 0.694. The maximum Gasteiger partial charge on any atom is 0.348 e. The maximum absolute atomic E-state index is 13.9. The highest BCUT2D eigenvalue weighted by atomic mass is 16.7. The summed E-state index contributed by atoms with van der Waals surface area (Å²) >= 11 is 0. The minimum Gasteiger partial charge on any atom is -0.508 e. The van der Waals surface area contributed by atoms with Gasteiger partial charge >= 0.3 is 17.9 Å². The summed E-state index contributed by atoms with van der Waals surface area (Å²) in [6.07, 6.45) is -11.3. The van der Waals surface area contributed by atoms with Gasteiger partial charge in [0.25, 0.3) is 0 Å². The molecule has 286 valence electrons. The molecule has 0 spiro atoms. The SMILES string of the molecule is C=C(C(=O)OC)[C@H]1CC[C@]2(C)[C@H](OC(=O)C(Cc3ccc(O)cc3)OC(=O)C(O)C(C)C)CCC(CO[C@@H]3O[C@@H](CO)[C@@H](O)[C@H](O)C3O)[C@H]2[C@H]1O. The maximum atomic E-state index is 13.9. The van der Waals surface area contributed by atoms with E-state index in [9.17, 15) is 50.1 Å². The minimum absolute atomic E-state index is 0.000362. The molecular formula is C36H52O15. The quantitative estimate of drug-likeness (QED) is 0.0813. The van der Waals surface area contributed by atoms with Crippen LogP contribution in [0.2, 0.25) is 0 Å². The van der Waals surface area contributed by atoms with Crippen LogP contribution in [0, 0.1) is 29.1 Å². The molecule has 1 aromatic rings. The van der Waals surface area contributed by atoms with Crippen molar-refractivity contribution in [1.82, 2.24) is 0 Å². The first-order chi connectivity index (χ1) is 24.0. The summed E-state index contributed by atoms with van der Waals surface area (Å²) in [4.78, 5) is 39.2. The molecule has 0 radical (unpaired) electrons. The number of aliphatic hydroxyl groups is 6. The molecule has 1 aromatic carbocycles. The van der Waals surface area contributed by atoms with Crippen LogP contribution in [0.15, 0.2) is 36.4 Å². The zero-order chi connectivity index (χ0) is 37.8. The van der Waals surface area contributed by atoms with E-state index in [1.807, 2.05) is 6.92 Å². The fourth-order valence-electron chi connectivity index (χ4n) is 7.70. The number of fused-ring (bicyclic) bond motifs is 1. The third-order valence-electron chi connectivity index (χ3n) is 10.8. The van der Waals surface area contributed by atoms with Crippen LogP contribution < -0.4 is 0 Å². The van der Waals surface area contributed by atoms with Crippen molar-refractivity contribution in [1.29, 1.82) is 0 Å². The number of esters is 3. The number of carbonyl (C=O) groups is 3. The lowest BCUT2D eigenvalue weighted by Gasteiger charge is -2.56. The number of aromatic hydroxyl groups is 1. The number of hydrogen-bond donors (Lipinski definition) is 7. The second-order valence-corrected chi connectivity index (χ2v) is 14.5. The molecule has 0 amide bonds. The summed E-state index contributed by atoms with van der Waals surface area (Å²) < 4.78 is 27.9. The summed E-state index contributed by atoms with van der Waals surface area (Å²) in [5.74, 6) is -4.90. The average molecular weight is 725 g/mol. The first kappa shape index (κ1) is 40.6. The second kappa shape index (κ2) is 17.1. The van der Waals surface area contributed by atoms with Crippen molar-refractivity contribution >= 4 is 17.9 Å². The van der Waals surface area contributed by atoms with Gasteiger partial charge in [-0.3, -0.25) is 0 Å². The number of aliphatic hydroxyl groups excluding tert-OH is 6. The van der Waals surface area contributed by atoms with Crippen LogP contribution in [0.5, 0.6) is 5.75 Å². The molecule has 4 unspecified atom stereocenters. The van der Waals surface area contributed by atoms with E-state index >= 15 is 0 Å². The van der Waals surface area contributed by atoms with Crippen molar-refractivity contribution < 1.29 is 73.8 Å². The highest BCUT2D eigenvalue weighted by molar-refractivity contribution is 5.88. The van der Waals surface area contributed by atoms with Crippen LogP contribution in [0.3, 0.4) is 0 Å². The Bertz CT molecular complexity index is 1360. The monoisotopic (exact) mass is 724 g/mol. The molecule has 13 atom stereocenters.